The Bertz CT molecular complexity index is 408. The molecular weight excluding hydrogens is 314 g/mol. The summed E-state index contributed by atoms with van der Waals surface area (Å²) in [4.78, 5) is 14.6. The van der Waals surface area contributed by atoms with Crippen LogP contribution in [0.5, 0.6) is 0 Å². The van der Waals surface area contributed by atoms with Crippen molar-refractivity contribution in [1.29, 1.82) is 0 Å². The van der Waals surface area contributed by atoms with E-state index in [0.717, 1.165) is 25.4 Å². The molecule has 5 nitrogen and oxygen atoms in total. The lowest BCUT2D eigenvalue weighted by Gasteiger charge is -2.34. The number of rotatable bonds is 6. The van der Waals surface area contributed by atoms with Crippen LogP contribution in [0.3, 0.4) is 0 Å². The first-order valence-corrected chi connectivity index (χ1v) is 10.3. The first-order valence-electron chi connectivity index (χ1n) is 10.3. The lowest BCUT2D eigenvalue weighted by molar-refractivity contribution is 0.0488. The van der Waals surface area contributed by atoms with Gasteiger partial charge in [0.25, 0.3) is 0 Å². The molecule has 5 heteroatoms. The van der Waals surface area contributed by atoms with Crippen molar-refractivity contribution < 1.29 is 9.53 Å². The Labute approximate surface area is 154 Å². The largest absolute Gasteiger partial charge is 0.444 e. The monoisotopic (exact) mass is 353 g/mol. The van der Waals surface area contributed by atoms with Gasteiger partial charge in [-0.2, -0.15) is 0 Å². The molecule has 1 saturated heterocycles. The fourth-order valence-electron chi connectivity index (χ4n) is 4.06. The van der Waals surface area contributed by atoms with Crippen LogP contribution < -0.4 is 10.6 Å². The molecule has 0 bridgehead atoms. The summed E-state index contributed by atoms with van der Waals surface area (Å²) >= 11 is 0. The van der Waals surface area contributed by atoms with Crippen LogP contribution in [0.4, 0.5) is 4.79 Å². The smallest absolute Gasteiger partial charge is 0.407 e. The van der Waals surface area contributed by atoms with Crippen molar-refractivity contribution in [3.8, 4) is 0 Å². The van der Waals surface area contributed by atoms with Gasteiger partial charge in [0, 0.05) is 18.1 Å². The standard InChI is InChI=1S/C20H39N3O2/c1-16-9-5-6-13-23(16)14-8-12-21-17-10-7-11-18(15-17)22-19(24)25-20(2,3)4/h16-18,21H,5-15H2,1-4H3,(H,22,24). The number of hydrogen-bond acceptors (Lipinski definition) is 4. The van der Waals surface area contributed by atoms with Gasteiger partial charge in [0.2, 0.25) is 0 Å². The van der Waals surface area contributed by atoms with Crippen molar-refractivity contribution in [2.75, 3.05) is 19.6 Å². The molecular formula is C20H39N3O2. The number of amides is 1. The van der Waals surface area contributed by atoms with Gasteiger partial charge in [-0.25, -0.2) is 4.79 Å². The molecule has 1 aliphatic heterocycles. The van der Waals surface area contributed by atoms with Crippen molar-refractivity contribution in [3.05, 3.63) is 0 Å². The predicted molar refractivity (Wildman–Crippen MR) is 103 cm³/mol. The Balaban J connectivity index is 1.61. The fourth-order valence-corrected chi connectivity index (χ4v) is 4.06. The van der Waals surface area contributed by atoms with Crippen LogP contribution in [0, 0.1) is 0 Å². The maximum atomic E-state index is 11.9. The molecule has 1 amide bonds. The number of likely N-dealkylation sites (tertiary alicyclic amines) is 1. The van der Waals surface area contributed by atoms with E-state index in [9.17, 15) is 4.79 Å². The van der Waals surface area contributed by atoms with E-state index in [1.807, 2.05) is 20.8 Å². The number of carbonyl (C=O) groups excluding carboxylic acids is 1. The van der Waals surface area contributed by atoms with E-state index >= 15 is 0 Å². The molecule has 3 atom stereocenters. The highest BCUT2D eigenvalue weighted by Crippen LogP contribution is 2.20. The summed E-state index contributed by atoms with van der Waals surface area (Å²) in [5.41, 5.74) is -0.429. The summed E-state index contributed by atoms with van der Waals surface area (Å²) in [5.74, 6) is 0. The van der Waals surface area contributed by atoms with Crippen LogP contribution >= 0.6 is 0 Å². The number of carbonyl (C=O) groups is 1. The molecule has 2 rings (SSSR count). The van der Waals surface area contributed by atoms with Crippen molar-refractivity contribution in [1.82, 2.24) is 15.5 Å². The lowest BCUT2D eigenvalue weighted by Crippen LogP contribution is -2.46. The van der Waals surface area contributed by atoms with Crippen LogP contribution in [-0.4, -0.2) is 54.4 Å². The van der Waals surface area contributed by atoms with E-state index in [1.165, 1.54) is 51.6 Å². The molecule has 2 fully saturated rings. The number of alkyl carbamates (subject to hydrolysis) is 1. The summed E-state index contributed by atoms with van der Waals surface area (Å²) in [5, 5.41) is 6.75. The van der Waals surface area contributed by atoms with E-state index in [0.29, 0.717) is 6.04 Å². The maximum absolute atomic E-state index is 11.9. The summed E-state index contributed by atoms with van der Waals surface area (Å²) in [6.45, 7) is 11.6. The average Bonchev–Trinajstić information content (AvgIpc) is 2.51. The van der Waals surface area contributed by atoms with Crippen LogP contribution in [0.1, 0.15) is 79.1 Å². The summed E-state index contributed by atoms with van der Waals surface area (Å²) in [7, 11) is 0. The Kier molecular flexibility index (Phi) is 8.01. The molecule has 0 aromatic heterocycles. The molecule has 0 aromatic carbocycles. The minimum Gasteiger partial charge on any atom is -0.444 e. The van der Waals surface area contributed by atoms with Crippen molar-refractivity contribution in [2.45, 2.75) is 103 Å². The Morgan fingerprint density at radius 2 is 1.88 bits per heavy atom. The zero-order chi connectivity index (χ0) is 18.3. The highest BCUT2D eigenvalue weighted by atomic mass is 16.6. The molecule has 0 aromatic rings. The molecule has 25 heavy (non-hydrogen) atoms. The zero-order valence-corrected chi connectivity index (χ0v) is 16.8. The van der Waals surface area contributed by atoms with Gasteiger partial charge < -0.3 is 20.3 Å². The van der Waals surface area contributed by atoms with Crippen LogP contribution in [0.2, 0.25) is 0 Å². The van der Waals surface area contributed by atoms with E-state index in [1.54, 1.807) is 0 Å². The van der Waals surface area contributed by atoms with Gasteiger partial charge in [-0.3, -0.25) is 0 Å². The number of hydrogen-bond donors (Lipinski definition) is 2. The van der Waals surface area contributed by atoms with Crippen LogP contribution in [0.15, 0.2) is 0 Å². The second kappa shape index (κ2) is 9.77. The second-order valence-electron chi connectivity index (χ2n) is 8.90. The zero-order valence-electron chi connectivity index (χ0n) is 16.8. The first kappa shape index (κ1) is 20.5. The topological polar surface area (TPSA) is 53.6 Å². The highest BCUT2D eigenvalue weighted by Gasteiger charge is 2.25. The molecule has 1 heterocycles. The number of piperidine rings is 1. The number of ether oxygens (including phenoxy) is 1. The van der Waals surface area contributed by atoms with E-state index < -0.39 is 5.60 Å². The Morgan fingerprint density at radius 3 is 2.60 bits per heavy atom. The Morgan fingerprint density at radius 1 is 1.12 bits per heavy atom. The van der Waals surface area contributed by atoms with Gasteiger partial charge >= 0.3 is 6.09 Å². The van der Waals surface area contributed by atoms with Crippen molar-refractivity contribution in [2.24, 2.45) is 0 Å². The maximum Gasteiger partial charge on any atom is 0.407 e. The van der Waals surface area contributed by atoms with Gasteiger partial charge in [-0.1, -0.05) is 6.42 Å². The fraction of sp³-hybridized carbons (Fsp3) is 0.950. The van der Waals surface area contributed by atoms with Gasteiger partial charge in [-0.15, -0.1) is 0 Å². The predicted octanol–water partition coefficient (Wildman–Crippen LogP) is 3.68. The molecule has 0 radical (unpaired) electrons. The third-order valence-electron chi connectivity index (χ3n) is 5.39. The molecule has 146 valence electrons. The van der Waals surface area contributed by atoms with E-state index in [-0.39, 0.29) is 12.1 Å². The third-order valence-corrected chi connectivity index (χ3v) is 5.39. The molecule has 3 unspecified atom stereocenters. The lowest BCUT2D eigenvalue weighted by atomic mass is 9.91. The molecule has 1 aliphatic carbocycles. The molecule has 2 N–H and O–H groups in total. The van der Waals surface area contributed by atoms with E-state index in [2.05, 4.69) is 22.5 Å². The van der Waals surface area contributed by atoms with Gasteiger partial charge in [0.15, 0.2) is 0 Å². The average molecular weight is 354 g/mol. The minimum absolute atomic E-state index is 0.239. The van der Waals surface area contributed by atoms with Gasteiger partial charge in [0.05, 0.1) is 0 Å². The molecule has 2 aliphatic rings. The van der Waals surface area contributed by atoms with Crippen LogP contribution in [0.25, 0.3) is 0 Å². The summed E-state index contributed by atoms with van der Waals surface area (Å²) < 4.78 is 5.38. The minimum atomic E-state index is -0.429. The highest BCUT2D eigenvalue weighted by molar-refractivity contribution is 5.68. The summed E-state index contributed by atoms with van der Waals surface area (Å²) in [6, 6.07) is 1.52. The van der Waals surface area contributed by atoms with Gasteiger partial charge in [-0.05, 0) is 92.3 Å². The summed E-state index contributed by atoms with van der Waals surface area (Å²) in [6.07, 6.45) is 9.49. The Hall–Kier alpha value is -0.810. The van der Waals surface area contributed by atoms with Crippen LogP contribution in [-0.2, 0) is 4.74 Å². The van der Waals surface area contributed by atoms with Crippen molar-refractivity contribution >= 4 is 6.09 Å². The second-order valence-corrected chi connectivity index (χ2v) is 8.90. The molecule has 1 saturated carbocycles. The number of nitrogens with one attached hydrogen (secondary N) is 2. The van der Waals surface area contributed by atoms with Crippen molar-refractivity contribution in [3.63, 3.8) is 0 Å². The quantitative estimate of drug-likeness (QED) is 0.715. The molecule has 0 spiro atoms. The normalized spacial score (nSPS) is 28.6. The number of nitrogens with zero attached hydrogens (tertiary/aromatic N) is 1. The van der Waals surface area contributed by atoms with E-state index in [4.69, 9.17) is 4.74 Å². The first-order chi connectivity index (χ1) is 11.8. The van der Waals surface area contributed by atoms with Gasteiger partial charge in [0.1, 0.15) is 5.60 Å². The SMILES string of the molecule is CC1CCCCN1CCCNC1CCCC(NC(=O)OC(C)(C)C)C1. The third kappa shape index (κ3) is 7.95.